The molecule has 4 bridgehead atoms. The van der Waals surface area contributed by atoms with Gasteiger partial charge in [-0.15, -0.1) is 0 Å². The molecule has 2 amide bonds. The highest BCUT2D eigenvalue weighted by Gasteiger charge is 2.56. The Morgan fingerprint density at radius 3 is 1.52 bits per heavy atom. The molecule has 384 valence electrons. The maximum absolute atomic E-state index is 13.8. The van der Waals surface area contributed by atoms with Gasteiger partial charge in [-0.3, -0.25) is 14.8 Å². The Morgan fingerprint density at radius 1 is 0.592 bits per heavy atom. The summed E-state index contributed by atoms with van der Waals surface area (Å²) in [6.07, 6.45) is 5.67. The third-order valence-electron chi connectivity index (χ3n) is 16.1. The first-order chi connectivity index (χ1) is 32.7. The summed E-state index contributed by atoms with van der Waals surface area (Å²) in [5.74, 6) is 1.16. The predicted octanol–water partition coefficient (Wildman–Crippen LogP) is 9.98. The molecule has 0 spiro atoms. The molecule has 2 unspecified atom stereocenters. The number of hydrogen-bond acceptors (Lipinski definition) is 12. The highest BCUT2D eigenvalue weighted by Crippen LogP contribution is 2.51. The van der Waals surface area contributed by atoms with E-state index in [4.69, 9.17) is 42.8 Å². The fourth-order valence-corrected chi connectivity index (χ4v) is 11.4. The average molecular weight is 978 g/mol. The number of nitrogens with zero attached hydrogens (tertiary/aromatic N) is 5. The molecule has 71 heavy (non-hydrogen) atoms. The van der Waals surface area contributed by atoms with E-state index >= 15 is 0 Å². The average Bonchev–Trinajstić information content (AvgIpc) is 4.10. The lowest BCUT2D eigenvalue weighted by atomic mass is 9.78. The standard InChI is InChI=1S/C29H42BN3O6.C25H35BN2O4/c1-26(2,3)36-24(34)32-19-13-11-17(15-19)22(32)23-31-20-14-12-18(30-38-28(7,8)29(9,10)39-30)16-21(20)33(23)25(35)37-27(4,5)6;1-23(2,3)30-22(29)28-18-10-8-15(13-18)21(28)20-14-16-12-17(9-11-19(16)27-20)26-31-24(4,5)25(6,7)32-26/h12,14,16-17,19,22H,11,13,15H2,1-10H3;9,11-12,15,18,21H,8,10,13-14H2,1-7H3/t17-,19?,22-;15-,18?,21-/m00/s1. The van der Waals surface area contributed by atoms with Crippen LogP contribution in [0.25, 0.3) is 11.0 Å². The predicted molar refractivity (Wildman–Crippen MR) is 275 cm³/mol. The number of rotatable bonds is 4. The van der Waals surface area contributed by atoms with Crippen molar-refractivity contribution in [1.82, 2.24) is 19.4 Å². The van der Waals surface area contributed by atoms with E-state index in [-0.39, 0.29) is 60.6 Å². The zero-order valence-corrected chi connectivity index (χ0v) is 45.4. The van der Waals surface area contributed by atoms with E-state index < -0.39 is 41.2 Å². The van der Waals surface area contributed by atoms with Crippen LogP contribution in [0.1, 0.15) is 174 Å². The Balaban J connectivity index is 0.000000179. The molecule has 6 heterocycles. The van der Waals surface area contributed by atoms with Gasteiger partial charge in [0.1, 0.15) is 22.6 Å². The van der Waals surface area contributed by atoms with Crippen LogP contribution in [-0.4, -0.2) is 115 Å². The highest BCUT2D eigenvalue weighted by atomic mass is 16.7. The topological polar surface area (TPSA) is 152 Å². The number of imidazole rings is 1. The van der Waals surface area contributed by atoms with Crippen molar-refractivity contribution in [2.24, 2.45) is 16.8 Å². The first kappa shape index (κ1) is 51.5. The van der Waals surface area contributed by atoms with Crippen molar-refractivity contribution < 1.29 is 47.2 Å². The second-order valence-corrected chi connectivity index (χ2v) is 26.0. The molecule has 15 nitrogen and oxygen atoms in total. The number of fused-ring (bicyclic) bond motifs is 6. The normalized spacial score (nSPS) is 27.8. The number of ether oxygens (including phenoxy) is 3. The molecule has 6 fully saturated rings. The molecule has 0 N–H and O–H groups in total. The lowest BCUT2D eigenvalue weighted by molar-refractivity contribution is 0.00498. The SMILES string of the molecule is CC(C)(C)OC(=O)N1C2CC[C@@H](C2)[C@H]1C1=Nc2ccc(B3OC(C)(C)C(C)(C)O3)cc2C1.CC(C)(C)OC(=O)N1C2CC[C@@H](C2)[C@H]1c1nc2ccc(B3OC(C)(C)C(C)(C)O3)cc2n1C(=O)OC(C)(C)C. The first-order valence-electron chi connectivity index (χ1n) is 25.9. The van der Waals surface area contributed by atoms with Crippen LogP contribution in [0.4, 0.5) is 20.1 Å². The number of likely N-dealkylation sites (tertiary alicyclic amines) is 2. The quantitative estimate of drug-likeness (QED) is 0.181. The molecule has 4 saturated heterocycles. The van der Waals surface area contributed by atoms with Gasteiger partial charge in [0.25, 0.3) is 0 Å². The van der Waals surface area contributed by atoms with Crippen LogP contribution >= 0.6 is 0 Å². The van der Waals surface area contributed by atoms with Crippen molar-refractivity contribution in [1.29, 1.82) is 0 Å². The van der Waals surface area contributed by atoms with E-state index in [0.29, 0.717) is 22.8 Å². The van der Waals surface area contributed by atoms with Gasteiger partial charge >= 0.3 is 32.5 Å². The fraction of sp³-hybridized carbons (Fsp3) is 0.685. The van der Waals surface area contributed by atoms with Crippen LogP contribution in [0.2, 0.25) is 0 Å². The molecular formula is C54H77B2N5O10. The van der Waals surface area contributed by atoms with Gasteiger partial charge in [0.05, 0.1) is 51.2 Å². The van der Waals surface area contributed by atoms with Gasteiger partial charge in [0, 0.05) is 24.2 Å². The van der Waals surface area contributed by atoms with E-state index in [9.17, 15) is 14.4 Å². The zero-order chi connectivity index (χ0) is 51.8. The molecule has 7 aliphatic rings. The summed E-state index contributed by atoms with van der Waals surface area (Å²) in [5, 5.41) is 0. The molecule has 1 aromatic heterocycles. The fourth-order valence-electron chi connectivity index (χ4n) is 11.4. The van der Waals surface area contributed by atoms with Crippen molar-refractivity contribution in [3.63, 3.8) is 0 Å². The third kappa shape index (κ3) is 9.78. The van der Waals surface area contributed by atoms with Gasteiger partial charge in [-0.2, -0.15) is 0 Å². The molecule has 6 atom stereocenters. The van der Waals surface area contributed by atoms with E-state index in [2.05, 4.69) is 45.9 Å². The van der Waals surface area contributed by atoms with Crippen molar-refractivity contribution in [2.45, 2.75) is 226 Å². The van der Waals surface area contributed by atoms with Crippen molar-refractivity contribution in [2.75, 3.05) is 0 Å². The van der Waals surface area contributed by atoms with Crippen LogP contribution in [0.15, 0.2) is 41.4 Å². The molecule has 0 radical (unpaired) electrons. The molecule has 5 aliphatic heterocycles. The van der Waals surface area contributed by atoms with Crippen molar-refractivity contribution >= 4 is 65.9 Å². The lowest BCUT2D eigenvalue weighted by Crippen LogP contribution is -2.50. The number of carbonyl (C=O) groups is 3. The summed E-state index contributed by atoms with van der Waals surface area (Å²) < 4.78 is 44.0. The molecule has 2 saturated carbocycles. The van der Waals surface area contributed by atoms with Crippen molar-refractivity contribution in [3.8, 4) is 0 Å². The van der Waals surface area contributed by atoms with E-state index in [1.807, 2.05) is 113 Å². The van der Waals surface area contributed by atoms with Crippen LogP contribution in [0, 0.1) is 11.8 Å². The third-order valence-corrected chi connectivity index (χ3v) is 16.1. The smallest absolute Gasteiger partial charge is 0.444 e. The van der Waals surface area contributed by atoms with Crippen LogP contribution in [-0.2, 0) is 39.2 Å². The van der Waals surface area contributed by atoms with E-state index in [0.717, 1.165) is 67.3 Å². The summed E-state index contributed by atoms with van der Waals surface area (Å²) in [6, 6.07) is 12.0. The number of benzene rings is 2. The number of piperidine rings is 2. The van der Waals surface area contributed by atoms with Gasteiger partial charge in [-0.25, -0.2) is 23.9 Å². The van der Waals surface area contributed by atoms with Gasteiger partial charge < -0.3 is 32.8 Å². The Bertz CT molecular complexity index is 2610. The summed E-state index contributed by atoms with van der Waals surface area (Å²) in [7, 11) is -0.972. The second-order valence-electron chi connectivity index (χ2n) is 26.0. The summed E-state index contributed by atoms with van der Waals surface area (Å²) in [5.41, 5.74) is 2.73. The van der Waals surface area contributed by atoms with Crippen molar-refractivity contribution in [3.05, 3.63) is 47.8 Å². The molecule has 2 aromatic carbocycles. The largest absolute Gasteiger partial charge is 0.494 e. The number of aromatic nitrogens is 2. The molecule has 10 rings (SSSR count). The Hall–Kier alpha value is -4.44. The monoisotopic (exact) mass is 978 g/mol. The summed E-state index contributed by atoms with van der Waals surface area (Å²) >= 11 is 0. The lowest BCUT2D eigenvalue weighted by Gasteiger charge is -2.36. The van der Waals surface area contributed by atoms with Gasteiger partial charge in [-0.05, 0) is 203 Å². The Labute approximate surface area is 421 Å². The number of amides is 2. The van der Waals surface area contributed by atoms with E-state index in [1.54, 1.807) is 4.90 Å². The Morgan fingerprint density at radius 2 is 1.03 bits per heavy atom. The van der Waals surface area contributed by atoms with Gasteiger partial charge in [0.15, 0.2) is 0 Å². The maximum Gasteiger partial charge on any atom is 0.494 e. The maximum atomic E-state index is 13.8. The summed E-state index contributed by atoms with van der Waals surface area (Å²) in [4.78, 5) is 54.0. The highest BCUT2D eigenvalue weighted by molar-refractivity contribution is 6.62. The summed E-state index contributed by atoms with van der Waals surface area (Å²) in [6.45, 7) is 33.2. The van der Waals surface area contributed by atoms with E-state index in [1.165, 1.54) is 10.1 Å². The minimum absolute atomic E-state index is 0.0382. The zero-order valence-electron chi connectivity index (χ0n) is 45.4. The minimum atomic E-state index is -0.714. The molecular weight excluding hydrogens is 900 g/mol. The van der Waals surface area contributed by atoms with Gasteiger partial charge in [-0.1, -0.05) is 18.2 Å². The minimum Gasteiger partial charge on any atom is -0.444 e. The van der Waals surface area contributed by atoms with Crippen LogP contribution in [0.5, 0.6) is 0 Å². The number of hydrogen-bond donors (Lipinski definition) is 0. The molecule has 2 aliphatic carbocycles. The van der Waals surface area contributed by atoms with Gasteiger partial charge in [0.2, 0.25) is 0 Å². The number of carbonyl (C=O) groups excluding carboxylic acids is 3. The Kier molecular flexibility index (Phi) is 12.6. The molecule has 3 aromatic rings. The molecule has 17 heteroatoms. The van der Waals surface area contributed by atoms with Crippen LogP contribution < -0.4 is 10.9 Å². The first-order valence-corrected chi connectivity index (χ1v) is 25.9. The number of aliphatic imine (C=N–C) groups is 1. The second kappa shape index (κ2) is 17.3. The van der Waals surface area contributed by atoms with Crippen LogP contribution in [0.3, 0.4) is 0 Å².